The Labute approximate surface area is 440 Å². The molecular weight excluding hydrogens is 955 g/mol. The number of piperazine rings is 1. The van der Waals surface area contributed by atoms with Crippen LogP contribution in [-0.4, -0.2) is 162 Å². The number of esters is 1. The monoisotopic (exact) mass is 1030 g/mol. The summed E-state index contributed by atoms with van der Waals surface area (Å²) in [6.07, 6.45) is 12.5. The van der Waals surface area contributed by atoms with Gasteiger partial charge in [-0.1, -0.05) is 19.9 Å². The molecular formula is C57H77N9O9. The molecule has 6 saturated heterocycles. The SMILES string of the molecule is CO[C@@H](C)c1ncc(N2CCN(C3CC3)CC2)cc1-c1c2c3cc(ccc3n1CCOC1CCOCC1)-c1coc(n1)[C@@H](N1CCCC1)[C@H](NC(=O)C13CC(C1)C(C)O3)C(=O)N1CCC[C@H](N1)C(=O)OCC(C)(C)C2. The first kappa shape index (κ1) is 50.8. The van der Waals surface area contributed by atoms with Gasteiger partial charge in [0.2, 0.25) is 5.89 Å². The number of nitrogens with zero attached hydrogens (tertiary/aromatic N) is 7. The zero-order chi connectivity index (χ0) is 51.6. The van der Waals surface area contributed by atoms with Crippen molar-refractivity contribution in [2.24, 2.45) is 11.3 Å². The van der Waals surface area contributed by atoms with Crippen molar-refractivity contribution >= 4 is 34.4 Å². The van der Waals surface area contributed by atoms with Crippen LogP contribution in [0.15, 0.2) is 41.1 Å². The van der Waals surface area contributed by atoms with E-state index in [4.69, 9.17) is 38.1 Å². The molecule has 2 N–H and O–H groups in total. The first-order valence-corrected chi connectivity index (χ1v) is 28.1. The maximum absolute atomic E-state index is 15.2. The number of pyridine rings is 1. The number of anilines is 1. The highest BCUT2D eigenvalue weighted by molar-refractivity contribution is 5.96. The normalized spacial score (nSPS) is 29.3. The Kier molecular flexibility index (Phi) is 14.1. The number of likely N-dealkylation sites (tertiary alicyclic amines) is 1. The standard InChI is InChI=1S/C57H77N9O9/c1-35-38-29-57(30-38,75-35)55(69)60-49-51(64-16-6-7-17-64)52-59-46(33-73-52)37-10-13-47-42(27-37)44(31-56(3,4)34-74-54(68)45-9-8-18-66(61-45)53(49)67)50(65(47)23-26-72-41-14-24-71-25-15-41)43-28-40(32-58-48(43)36(2)70-5)63-21-19-62(20-22-63)39-11-12-39/h10,13,27-28,32-33,35-36,38-39,41,45,49,51,61H,6-9,11-12,14-26,29-31,34H2,1-5H3,(H,60,69)/t35?,36-,38?,45-,49-,51-,57?/m0/s1. The fourth-order valence-corrected chi connectivity index (χ4v) is 13.2. The lowest BCUT2D eigenvalue weighted by Crippen LogP contribution is -2.64. The number of fused-ring (bicyclic) bond motifs is 7. The molecule has 18 nitrogen and oxygen atoms in total. The predicted octanol–water partition coefficient (Wildman–Crippen LogP) is 6.36. The zero-order valence-electron chi connectivity index (χ0n) is 44.7. The quantitative estimate of drug-likeness (QED) is 0.150. The maximum atomic E-state index is 15.2. The molecule has 4 aromatic rings. The molecule has 0 spiro atoms. The Morgan fingerprint density at radius 3 is 2.48 bits per heavy atom. The Hall–Kier alpha value is -4.95. The van der Waals surface area contributed by atoms with Gasteiger partial charge in [0.1, 0.15) is 35.7 Å². The molecule has 9 aliphatic rings. The summed E-state index contributed by atoms with van der Waals surface area (Å²) in [6.45, 7) is 16.6. The minimum Gasteiger partial charge on any atom is -0.464 e. The second-order valence-corrected chi connectivity index (χ2v) is 23.6. The smallest absolute Gasteiger partial charge is 0.324 e. The first-order chi connectivity index (χ1) is 36.3. The van der Waals surface area contributed by atoms with Gasteiger partial charge in [0, 0.05) is 93.1 Å². The minimum absolute atomic E-state index is 0.0344. The van der Waals surface area contributed by atoms with Crippen molar-refractivity contribution in [3.05, 3.63) is 53.9 Å². The summed E-state index contributed by atoms with van der Waals surface area (Å²) in [5.74, 6) is -0.430. The highest BCUT2D eigenvalue weighted by Crippen LogP contribution is 2.53. The Morgan fingerprint density at radius 2 is 1.75 bits per heavy atom. The van der Waals surface area contributed by atoms with Crippen LogP contribution in [0.3, 0.4) is 0 Å². The van der Waals surface area contributed by atoms with Gasteiger partial charge in [0.05, 0.1) is 54.8 Å². The molecule has 5 atom stereocenters. The molecule has 8 bridgehead atoms. The summed E-state index contributed by atoms with van der Waals surface area (Å²) in [4.78, 5) is 61.9. The molecule has 1 unspecified atom stereocenters. The maximum Gasteiger partial charge on any atom is 0.324 e. The number of ether oxygens (including phenoxy) is 5. The third-order valence-electron chi connectivity index (χ3n) is 17.8. The first-order valence-electron chi connectivity index (χ1n) is 28.1. The highest BCUT2D eigenvalue weighted by Gasteiger charge is 2.61. The third kappa shape index (κ3) is 10.0. The van der Waals surface area contributed by atoms with Gasteiger partial charge in [-0.25, -0.2) is 10.4 Å². The Balaban J connectivity index is 0.999. The summed E-state index contributed by atoms with van der Waals surface area (Å²) in [5.41, 5.74) is 9.27. The van der Waals surface area contributed by atoms with Gasteiger partial charge >= 0.3 is 5.97 Å². The van der Waals surface area contributed by atoms with E-state index in [-0.39, 0.29) is 36.7 Å². The number of methoxy groups -OCH3 is 1. The largest absolute Gasteiger partial charge is 0.464 e. The van der Waals surface area contributed by atoms with Gasteiger partial charge in [0.25, 0.3) is 11.8 Å². The van der Waals surface area contributed by atoms with Crippen LogP contribution in [0.5, 0.6) is 0 Å². The number of aromatic nitrogens is 3. The van der Waals surface area contributed by atoms with Crippen LogP contribution in [-0.2, 0) is 51.0 Å². The molecule has 10 heterocycles. The van der Waals surface area contributed by atoms with Gasteiger partial charge in [-0.05, 0) is 127 Å². The van der Waals surface area contributed by atoms with Gasteiger partial charge < -0.3 is 42.9 Å². The number of cyclic esters (lactones) is 1. The van der Waals surface area contributed by atoms with Crippen molar-refractivity contribution in [2.75, 3.05) is 84.3 Å². The van der Waals surface area contributed by atoms with Crippen LogP contribution in [0, 0.1) is 11.3 Å². The van der Waals surface area contributed by atoms with Crippen molar-refractivity contribution < 1.29 is 42.5 Å². The average molecular weight is 1030 g/mol. The average Bonchev–Trinajstić information content (AvgIpc) is 3.83. The van der Waals surface area contributed by atoms with E-state index in [1.807, 2.05) is 13.1 Å². The number of nitrogens with one attached hydrogen (secondary N) is 2. The molecule has 2 saturated carbocycles. The number of amides is 2. The highest BCUT2D eigenvalue weighted by atomic mass is 16.5. The number of hydrogen-bond donors (Lipinski definition) is 2. The van der Waals surface area contributed by atoms with E-state index in [1.54, 1.807) is 13.4 Å². The van der Waals surface area contributed by atoms with Crippen LogP contribution < -0.4 is 15.6 Å². The number of carbonyl (C=O) groups excluding carboxylic acids is 3. The number of oxazole rings is 1. The lowest BCUT2D eigenvalue weighted by atomic mass is 9.72. The molecule has 2 aliphatic carbocycles. The topological polar surface area (TPSA) is 178 Å². The molecule has 2 amide bonds. The number of hydrazine groups is 1. The molecule has 18 heteroatoms. The summed E-state index contributed by atoms with van der Waals surface area (Å²) in [7, 11) is 1.74. The van der Waals surface area contributed by atoms with Gasteiger partial charge in [-0.3, -0.25) is 34.2 Å². The van der Waals surface area contributed by atoms with E-state index < -0.39 is 35.1 Å². The van der Waals surface area contributed by atoms with E-state index in [0.717, 1.165) is 103 Å². The summed E-state index contributed by atoms with van der Waals surface area (Å²) in [6, 6.07) is 6.93. The number of hydrogen-bond acceptors (Lipinski definition) is 15. The van der Waals surface area contributed by atoms with E-state index in [2.05, 4.69) is 75.0 Å². The lowest BCUT2D eigenvalue weighted by Gasteiger charge is -2.40. The number of carbonyl (C=O) groups is 3. The van der Waals surface area contributed by atoms with E-state index in [9.17, 15) is 9.59 Å². The lowest BCUT2D eigenvalue weighted by molar-refractivity contribution is -0.157. The predicted molar refractivity (Wildman–Crippen MR) is 280 cm³/mol. The fraction of sp³-hybridized carbons (Fsp3) is 0.667. The second kappa shape index (κ2) is 20.8. The molecule has 3 aromatic heterocycles. The van der Waals surface area contributed by atoms with Crippen molar-refractivity contribution in [2.45, 2.75) is 153 Å². The summed E-state index contributed by atoms with van der Waals surface area (Å²) in [5, 5.41) is 5.76. The van der Waals surface area contributed by atoms with E-state index >= 15 is 4.79 Å². The number of benzene rings is 1. The van der Waals surface area contributed by atoms with E-state index in [1.165, 1.54) is 17.9 Å². The van der Waals surface area contributed by atoms with Crippen LogP contribution in [0.4, 0.5) is 5.69 Å². The zero-order valence-corrected chi connectivity index (χ0v) is 44.7. The molecule has 404 valence electrons. The molecule has 7 aliphatic heterocycles. The van der Waals surface area contributed by atoms with Gasteiger partial charge in [-0.15, -0.1) is 0 Å². The Morgan fingerprint density at radius 1 is 0.960 bits per heavy atom. The van der Waals surface area contributed by atoms with Crippen LogP contribution in [0.25, 0.3) is 33.4 Å². The molecule has 13 rings (SSSR count). The van der Waals surface area contributed by atoms with Gasteiger partial charge in [0.15, 0.2) is 0 Å². The van der Waals surface area contributed by atoms with Crippen molar-refractivity contribution in [3.8, 4) is 22.5 Å². The van der Waals surface area contributed by atoms with Gasteiger partial charge in [-0.2, -0.15) is 0 Å². The second-order valence-electron chi connectivity index (χ2n) is 23.6. The molecule has 75 heavy (non-hydrogen) atoms. The minimum atomic E-state index is -1.10. The number of rotatable bonds is 12. The van der Waals surface area contributed by atoms with Crippen molar-refractivity contribution in [1.82, 2.24) is 40.1 Å². The van der Waals surface area contributed by atoms with Crippen molar-refractivity contribution in [3.63, 3.8) is 0 Å². The van der Waals surface area contributed by atoms with Crippen LogP contribution >= 0.6 is 0 Å². The molecule has 8 fully saturated rings. The Bertz CT molecular complexity index is 2750. The molecule has 1 aromatic carbocycles. The molecule has 0 radical (unpaired) electrons. The fourth-order valence-electron chi connectivity index (χ4n) is 13.2. The van der Waals surface area contributed by atoms with Crippen LogP contribution in [0.1, 0.15) is 121 Å². The van der Waals surface area contributed by atoms with Crippen LogP contribution in [0.2, 0.25) is 0 Å². The van der Waals surface area contributed by atoms with E-state index in [0.29, 0.717) is 95.6 Å². The summed E-state index contributed by atoms with van der Waals surface area (Å²) < 4.78 is 40.1. The summed E-state index contributed by atoms with van der Waals surface area (Å²) >= 11 is 0. The third-order valence-corrected chi connectivity index (χ3v) is 17.8. The van der Waals surface area contributed by atoms with Crippen molar-refractivity contribution in [1.29, 1.82) is 0 Å².